The Morgan fingerprint density at radius 1 is 1.42 bits per heavy atom. The Labute approximate surface area is 117 Å². The van der Waals surface area contributed by atoms with Crippen LogP contribution in [0.5, 0.6) is 5.75 Å². The van der Waals surface area contributed by atoms with Crippen LogP contribution in [0, 0.1) is 6.92 Å². The highest BCUT2D eigenvalue weighted by Crippen LogP contribution is 2.32. The largest absolute Gasteiger partial charge is 0.493 e. The molecule has 3 nitrogen and oxygen atoms in total. The molecule has 3 rings (SSSR count). The lowest BCUT2D eigenvalue weighted by atomic mass is 9.93. The molecule has 2 aromatic rings. The Hall–Kier alpha value is -1.39. The Morgan fingerprint density at radius 3 is 3.16 bits per heavy atom. The van der Waals surface area contributed by atoms with E-state index in [1.54, 1.807) is 11.3 Å². The minimum Gasteiger partial charge on any atom is -0.493 e. The maximum absolute atomic E-state index is 5.69. The lowest BCUT2D eigenvalue weighted by Gasteiger charge is -2.26. The van der Waals surface area contributed by atoms with Gasteiger partial charge in [-0.15, -0.1) is 11.3 Å². The van der Waals surface area contributed by atoms with Crippen molar-refractivity contribution >= 4 is 11.3 Å². The molecular weight excluding hydrogens is 256 g/mol. The normalized spacial score (nSPS) is 17.8. The molecule has 0 radical (unpaired) electrons. The number of aryl methyl sites for hydroxylation is 1. The molecule has 0 saturated heterocycles. The summed E-state index contributed by atoms with van der Waals surface area (Å²) in [5.74, 6) is 1.60. The zero-order chi connectivity index (χ0) is 13.1. The highest BCUT2D eigenvalue weighted by molar-refractivity contribution is 7.11. The van der Waals surface area contributed by atoms with E-state index in [0.717, 1.165) is 36.9 Å². The number of hydrogen-bond donors (Lipinski definition) is 1. The van der Waals surface area contributed by atoms with Crippen LogP contribution in [-0.2, 0) is 6.54 Å². The highest BCUT2D eigenvalue weighted by atomic mass is 32.1. The second kappa shape index (κ2) is 5.72. The summed E-state index contributed by atoms with van der Waals surface area (Å²) in [6.07, 6.45) is 3.05. The summed E-state index contributed by atoms with van der Waals surface area (Å²) in [5.41, 5.74) is 1.33. The molecule has 0 fully saturated rings. The number of thiazole rings is 1. The first kappa shape index (κ1) is 12.6. The van der Waals surface area contributed by atoms with Gasteiger partial charge in [-0.2, -0.15) is 0 Å². The summed E-state index contributed by atoms with van der Waals surface area (Å²) in [4.78, 5) is 5.58. The number of para-hydroxylation sites is 1. The molecule has 1 atom stereocenters. The van der Waals surface area contributed by atoms with E-state index in [9.17, 15) is 0 Å². The Bertz CT molecular complexity index is 553. The average molecular weight is 274 g/mol. The van der Waals surface area contributed by atoms with Crippen molar-refractivity contribution in [2.45, 2.75) is 25.8 Å². The highest BCUT2D eigenvalue weighted by Gasteiger charge is 2.20. The van der Waals surface area contributed by atoms with Gasteiger partial charge < -0.3 is 10.1 Å². The molecule has 1 aromatic carbocycles. The summed E-state index contributed by atoms with van der Waals surface area (Å²) in [6, 6.07) is 8.37. The monoisotopic (exact) mass is 274 g/mol. The number of rotatable bonds is 4. The summed E-state index contributed by atoms with van der Waals surface area (Å²) in [6.45, 7) is 4.77. The van der Waals surface area contributed by atoms with Crippen molar-refractivity contribution in [3.63, 3.8) is 0 Å². The zero-order valence-corrected chi connectivity index (χ0v) is 11.9. The van der Waals surface area contributed by atoms with Gasteiger partial charge in [0.2, 0.25) is 0 Å². The summed E-state index contributed by atoms with van der Waals surface area (Å²) < 4.78 is 5.69. The first-order valence-corrected chi connectivity index (χ1v) is 7.48. The predicted molar refractivity (Wildman–Crippen MR) is 77.9 cm³/mol. The molecule has 100 valence electrons. The predicted octanol–water partition coefficient (Wildman–Crippen LogP) is 3.11. The SMILES string of the molecule is Cc1ncc(CNCC2CCOc3ccccc32)s1. The molecule has 19 heavy (non-hydrogen) atoms. The fraction of sp³-hybridized carbons (Fsp3) is 0.400. The third-order valence-electron chi connectivity index (χ3n) is 3.44. The van der Waals surface area contributed by atoms with Gasteiger partial charge in [0.1, 0.15) is 5.75 Å². The minimum atomic E-state index is 0.555. The smallest absolute Gasteiger partial charge is 0.122 e. The standard InChI is InChI=1S/C15H18N2OS/c1-11-17-10-13(19-11)9-16-8-12-6-7-18-15-5-3-2-4-14(12)15/h2-5,10,12,16H,6-9H2,1H3. The van der Waals surface area contributed by atoms with Crippen LogP contribution >= 0.6 is 11.3 Å². The lowest BCUT2D eigenvalue weighted by molar-refractivity contribution is 0.264. The third-order valence-corrected chi connectivity index (χ3v) is 4.35. The van der Waals surface area contributed by atoms with E-state index in [1.807, 2.05) is 19.2 Å². The van der Waals surface area contributed by atoms with Crippen LogP contribution in [0.2, 0.25) is 0 Å². The molecule has 0 amide bonds. The van der Waals surface area contributed by atoms with Crippen molar-refractivity contribution in [3.8, 4) is 5.75 Å². The molecule has 0 saturated carbocycles. The molecule has 1 N–H and O–H groups in total. The average Bonchev–Trinajstić information content (AvgIpc) is 2.85. The molecule has 4 heteroatoms. The number of benzene rings is 1. The van der Waals surface area contributed by atoms with Crippen LogP contribution < -0.4 is 10.1 Å². The number of hydrogen-bond acceptors (Lipinski definition) is 4. The van der Waals surface area contributed by atoms with Gasteiger partial charge in [-0.05, 0) is 25.0 Å². The molecule has 2 heterocycles. The van der Waals surface area contributed by atoms with E-state index in [2.05, 4.69) is 28.5 Å². The second-order valence-electron chi connectivity index (χ2n) is 4.85. The maximum Gasteiger partial charge on any atom is 0.122 e. The summed E-state index contributed by atoms with van der Waals surface area (Å²) in [5, 5.41) is 4.67. The van der Waals surface area contributed by atoms with Crippen LogP contribution in [-0.4, -0.2) is 18.1 Å². The topological polar surface area (TPSA) is 34.2 Å². The van der Waals surface area contributed by atoms with Crippen LogP contribution in [0.3, 0.4) is 0 Å². The maximum atomic E-state index is 5.69. The fourth-order valence-corrected chi connectivity index (χ4v) is 3.25. The number of ether oxygens (including phenoxy) is 1. The molecule has 0 bridgehead atoms. The number of fused-ring (bicyclic) bond motifs is 1. The van der Waals surface area contributed by atoms with E-state index in [1.165, 1.54) is 10.4 Å². The number of aromatic nitrogens is 1. The zero-order valence-electron chi connectivity index (χ0n) is 11.1. The van der Waals surface area contributed by atoms with Gasteiger partial charge in [0, 0.05) is 30.1 Å². The first-order chi connectivity index (χ1) is 9.33. The molecule has 1 aliphatic rings. The Balaban J connectivity index is 1.59. The molecule has 1 aliphatic heterocycles. The van der Waals surface area contributed by atoms with E-state index < -0.39 is 0 Å². The van der Waals surface area contributed by atoms with Crippen molar-refractivity contribution in [2.24, 2.45) is 0 Å². The van der Waals surface area contributed by atoms with Crippen molar-refractivity contribution in [2.75, 3.05) is 13.2 Å². The lowest BCUT2D eigenvalue weighted by Crippen LogP contribution is -2.25. The van der Waals surface area contributed by atoms with Crippen LogP contribution in [0.15, 0.2) is 30.5 Å². The van der Waals surface area contributed by atoms with Crippen molar-refractivity contribution in [1.82, 2.24) is 10.3 Å². The third kappa shape index (κ3) is 2.96. The van der Waals surface area contributed by atoms with Gasteiger partial charge in [-0.25, -0.2) is 4.98 Å². The summed E-state index contributed by atoms with van der Waals surface area (Å²) in [7, 11) is 0. The van der Waals surface area contributed by atoms with Crippen molar-refractivity contribution in [1.29, 1.82) is 0 Å². The molecule has 1 unspecified atom stereocenters. The van der Waals surface area contributed by atoms with Crippen molar-refractivity contribution < 1.29 is 4.74 Å². The second-order valence-corrected chi connectivity index (χ2v) is 6.17. The van der Waals surface area contributed by atoms with Gasteiger partial charge >= 0.3 is 0 Å². The van der Waals surface area contributed by atoms with E-state index >= 15 is 0 Å². The fourth-order valence-electron chi connectivity index (χ4n) is 2.48. The Morgan fingerprint density at radius 2 is 2.32 bits per heavy atom. The first-order valence-electron chi connectivity index (χ1n) is 6.66. The van der Waals surface area contributed by atoms with E-state index in [-0.39, 0.29) is 0 Å². The molecular formula is C15H18N2OS. The molecule has 0 aliphatic carbocycles. The van der Waals surface area contributed by atoms with Crippen LogP contribution in [0.25, 0.3) is 0 Å². The Kier molecular flexibility index (Phi) is 3.80. The van der Waals surface area contributed by atoms with Gasteiger partial charge in [0.25, 0.3) is 0 Å². The van der Waals surface area contributed by atoms with Crippen molar-refractivity contribution in [3.05, 3.63) is 45.9 Å². The molecule has 1 aromatic heterocycles. The summed E-state index contributed by atoms with van der Waals surface area (Å²) >= 11 is 1.76. The van der Waals surface area contributed by atoms with E-state index in [4.69, 9.17) is 4.74 Å². The van der Waals surface area contributed by atoms with Gasteiger partial charge in [0.05, 0.1) is 11.6 Å². The quantitative estimate of drug-likeness (QED) is 0.930. The number of nitrogens with zero attached hydrogens (tertiary/aromatic N) is 1. The van der Waals surface area contributed by atoms with Gasteiger partial charge in [0.15, 0.2) is 0 Å². The molecule has 0 spiro atoms. The number of nitrogens with one attached hydrogen (secondary N) is 1. The van der Waals surface area contributed by atoms with Crippen LogP contribution in [0.4, 0.5) is 0 Å². The van der Waals surface area contributed by atoms with Gasteiger partial charge in [-0.1, -0.05) is 18.2 Å². The van der Waals surface area contributed by atoms with Gasteiger partial charge in [-0.3, -0.25) is 0 Å². The van der Waals surface area contributed by atoms with Crippen LogP contribution in [0.1, 0.15) is 27.8 Å². The van der Waals surface area contributed by atoms with E-state index in [0.29, 0.717) is 5.92 Å². The minimum absolute atomic E-state index is 0.555.